The van der Waals surface area contributed by atoms with E-state index in [0.29, 0.717) is 26.2 Å². The lowest BCUT2D eigenvalue weighted by Gasteiger charge is -2.34. The largest absolute Gasteiger partial charge is 0.336 e. The fourth-order valence-corrected chi connectivity index (χ4v) is 4.15. The van der Waals surface area contributed by atoms with E-state index in [4.69, 9.17) is 0 Å². The number of hydrogen-bond donors (Lipinski definition) is 1. The van der Waals surface area contributed by atoms with Gasteiger partial charge in [0.25, 0.3) is 5.91 Å². The predicted molar refractivity (Wildman–Crippen MR) is 115 cm³/mol. The zero-order valence-corrected chi connectivity index (χ0v) is 17.7. The Labute approximate surface area is 186 Å². The number of nitrogens with zero attached hydrogens (tertiary/aromatic N) is 3. The van der Waals surface area contributed by atoms with E-state index in [2.05, 4.69) is 10.3 Å². The highest BCUT2D eigenvalue weighted by molar-refractivity contribution is 7.14. The van der Waals surface area contributed by atoms with Crippen LogP contribution in [0.15, 0.2) is 47.8 Å². The summed E-state index contributed by atoms with van der Waals surface area (Å²) in [7, 11) is 0. The summed E-state index contributed by atoms with van der Waals surface area (Å²) in [6.45, 7) is 1.77. The van der Waals surface area contributed by atoms with Gasteiger partial charge in [0.05, 0.1) is 17.8 Å². The van der Waals surface area contributed by atoms with Gasteiger partial charge in [0, 0.05) is 37.1 Å². The van der Waals surface area contributed by atoms with Crippen molar-refractivity contribution in [3.8, 4) is 11.3 Å². The molecule has 0 saturated carbocycles. The molecule has 1 fully saturated rings. The third-order valence-electron chi connectivity index (χ3n) is 5.09. The molecule has 3 aromatic rings. The molecular weight excluding hydrogens is 441 g/mol. The molecule has 1 aliphatic rings. The van der Waals surface area contributed by atoms with Crippen LogP contribution in [-0.4, -0.2) is 59.3 Å². The molecule has 0 unspecified atom stereocenters. The van der Waals surface area contributed by atoms with E-state index in [-0.39, 0.29) is 40.3 Å². The second kappa shape index (κ2) is 9.49. The van der Waals surface area contributed by atoms with Crippen molar-refractivity contribution in [1.82, 2.24) is 14.8 Å². The monoisotopic (exact) mass is 460 g/mol. The number of halogens is 3. The maximum Gasteiger partial charge on any atom is 0.256 e. The summed E-state index contributed by atoms with van der Waals surface area (Å²) in [5.41, 5.74) is 0.299. The third-order valence-corrected chi connectivity index (χ3v) is 5.84. The SMILES string of the molecule is O=C(CN1CCN(C(=O)c2ccccc2F)CC1)Nc1nc(-c2cc(F)ccc2F)cs1. The molecule has 10 heteroatoms. The summed E-state index contributed by atoms with van der Waals surface area (Å²) in [6.07, 6.45) is 0. The minimum atomic E-state index is -0.600. The lowest BCUT2D eigenvalue weighted by molar-refractivity contribution is -0.117. The van der Waals surface area contributed by atoms with Gasteiger partial charge in [0.2, 0.25) is 5.91 Å². The highest BCUT2D eigenvalue weighted by Gasteiger charge is 2.25. The molecule has 0 atom stereocenters. The van der Waals surface area contributed by atoms with E-state index in [0.717, 1.165) is 29.5 Å². The third kappa shape index (κ3) is 4.97. The minimum absolute atomic E-state index is 0.0254. The summed E-state index contributed by atoms with van der Waals surface area (Å²) in [5, 5.41) is 4.48. The summed E-state index contributed by atoms with van der Waals surface area (Å²) < 4.78 is 41.2. The van der Waals surface area contributed by atoms with E-state index in [1.165, 1.54) is 18.2 Å². The Balaban J connectivity index is 1.30. The van der Waals surface area contributed by atoms with Crippen LogP contribution in [0.3, 0.4) is 0 Å². The van der Waals surface area contributed by atoms with Gasteiger partial charge in [0.15, 0.2) is 5.13 Å². The number of hydrogen-bond acceptors (Lipinski definition) is 5. The van der Waals surface area contributed by atoms with Crippen molar-refractivity contribution < 1.29 is 22.8 Å². The fourth-order valence-electron chi connectivity index (χ4n) is 3.42. The molecule has 1 saturated heterocycles. The molecule has 1 N–H and O–H groups in total. The van der Waals surface area contributed by atoms with E-state index < -0.39 is 17.5 Å². The molecule has 0 bridgehead atoms. The highest BCUT2D eigenvalue weighted by Crippen LogP contribution is 2.27. The van der Waals surface area contributed by atoms with Crippen molar-refractivity contribution in [2.24, 2.45) is 0 Å². The second-order valence-electron chi connectivity index (χ2n) is 7.26. The standard InChI is InChI=1S/C22H19F3N4O2S/c23-14-5-6-18(25)16(11-14)19-13-32-22(26-19)27-20(30)12-28-7-9-29(10-8-28)21(31)15-3-1-2-4-17(15)24/h1-6,11,13H,7-10,12H2,(H,26,27,30). The van der Waals surface area contributed by atoms with Crippen LogP contribution in [0.5, 0.6) is 0 Å². The normalized spacial score (nSPS) is 14.4. The fraction of sp³-hybridized carbons (Fsp3) is 0.227. The number of rotatable bonds is 5. The molecule has 0 radical (unpaired) electrons. The van der Waals surface area contributed by atoms with Gasteiger partial charge in [0.1, 0.15) is 17.5 Å². The maximum atomic E-state index is 13.9. The van der Waals surface area contributed by atoms with Crippen LogP contribution in [0.25, 0.3) is 11.3 Å². The van der Waals surface area contributed by atoms with Crippen molar-refractivity contribution in [2.45, 2.75) is 0 Å². The first-order valence-corrected chi connectivity index (χ1v) is 10.8. The van der Waals surface area contributed by atoms with Crippen molar-refractivity contribution in [3.05, 3.63) is 70.9 Å². The van der Waals surface area contributed by atoms with Crippen molar-refractivity contribution in [2.75, 3.05) is 38.0 Å². The Morgan fingerprint density at radius 2 is 1.75 bits per heavy atom. The molecular formula is C22H19F3N4O2S. The van der Waals surface area contributed by atoms with Crippen LogP contribution in [0.1, 0.15) is 10.4 Å². The van der Waals surface area contributed by atoms with E-state index >= 15 is 0 Å². The lowest BCUT2D eigenvalue weighted by atomic mass is 10.1. The van der Waals surface area contributed by atoms with Crippen molar-refractivity contribution >= 4 is 28.3 Å². The van der Waals surface area contributed by atoms with Crippen molar-refractivity contribution in [1.29, 1.82) is 0 Å². The Morgan fingerprint density at radius 1 is 1.00 bits per heavy atom. The van der Waals surface area contributed by atoms with Crippen LogP contribution in [0.4, 0.5) is 18.3 Å². The van der Waals surface area contributed by atoms with Crippen LogP contribution in [-0.2, 0) is 4.79 Å². The topological polar surface area (TPSA) is 65.5 Å². The summed E-state index contributed by atoms with van der Waals surface area (Å²) in [4.78, 5) is 32.5. The smallest absolute Gasteiger partial charge is 0.256 e. The van der Waals surface area contributed by atoms with Gasteiger partial charge in [-0.05, 0) is 30.3 Å². The number of carbonyl (C=O) groups is 2. The van der Waals surface area contributed by atoms with Crippen LogP contribution in [0.2, 0.25) is 0 Å². The number of piperazine rings is 1. The number of nitrogens with one attached hydrogen (secondary N) is 1. The molecule has 2 heterocycles. The first kappa shape index (κ1) is 22.0. The maximum absolute atomic E-state index is 13.9. The average Bonchev–Trinajstić information content (AvgIpc) is 3.24. The number of amides is 2. The van der Waals surface area contributed by atoms with Crippen molar-refractivity contribution in [3.63, 3.8) is 0 Å². The summed E-state index contributed by atoms with van der Waals surface area (Å²) >= 11 is 1.11. The highest BCUT2D eigenvalue weighted by atomic mass is 32.1. The Hall–Kier alpha value is -3.24. The van der Waals surface area contributed by atoms with Gasteiger partial charge in [-0.25, -0.2) is 18.2 Å². The number of carbonyl (C=O) groups excluding carboxylic acids is 2. The quantitative estimate of drug-likeness (QED) is 0.632. The lowest BCUT2D eigenvalue weighted by Crippen LogP contribution is -2.50. The molecule has 4 rings (SSSR count). The van der Waals surface area contributed by atoms with Crippen LogP contribution in [0, 0.1) is 17.5 Å². The Morgan fingerprint density at radius 3 is 2.50 bits per heavy atom. The number of thiazole rings is 1. The second-order valence-corrected chi connectivity index (χ2v) is 8.12. The number of anilines is 1. The summed E-state index contributed by atoms with van der Waals surface area (Å²) in [5.74, 6) is -2.41. The zero-order valence-electron chi connectivity index (χ0n) is 16.9. The van der Waals surface area contributed by atoms with Gasteiger partial charge >= 0.3 is 0 Å². The molecule has 166 valence electrons. The Kier molecular flexibility index (Phi) is 6.52. The molecule has 0 spiro atoms. The first-order valence-electron chi connectivity index (χ1n) is 9.87. The average molecular weight is 460 g/mol. The van der Waals surface area contributed by atoms with E-state index in [1.54, 1.807) is 16.3 Å². The first-order chi connectivity index (χ1) is 15.4. The molecule has 0 aliphatic carbocycles. The van der Waals surface area contributed by atoms with E-state index in [1.807, 2.05) is 4.90 Å². The number of aromatic nitrogens is 1. The predicted octanol–water partition coefficient (Wildman–Crippen LogP) is 3.62. The van der Waals surface area contributed by atoms with Gasteiger partial charge in [-0.15, -0.1) is 11.3 Å². The number of benzene rings is 2. The van der Waals surface area contributed by atoms with Crippen LogP contribution >= 0.6 is 11.3 Å². The summed E-state index contributed by atoms with van der Waals surface area (Å²) in [6, 6.07) is 8.96. The van der Waals surface area contributed by atoms with Gasteiger partial charge < -0.3 is 10.2 Å². The molecule has 1 aromatic heterocycles. The molecule has 6 nitrogen and oxygen atoms in total. The molecule has 1 aliphatic heterocycles. The Bertz CT molecular complexity index is 1150. The van der Waals surface area contributed by atoms with Crippen LogP contribution < -0.4 is 5.32 Å². The zero-order chi connectivity index (χ0) is 22.7. The van der Waals surface area contributed by atoms with Gasteiger partial charge in [-0.1, -0.05) is 12.1 Å². The van der Waals surface area contributed by atoms with E-state index in [9.17, 15) is 22.8 Å². The van der Waals surface area contributed by atoms with Gasteiger partial charge in [-0.2, -0.15) is 0 Å². The molecule has 2 amide bonds. The molecule has 32 heavy (non-hydrogen) atoms. The van der Waals surface area contributed by atoms with Gasteiger partial charge in [-0.3, -0.25) is 14.5 Å². The molecule has 2 aromatic carbocycles. The minimum Gasteiger partial charge on any atom is -0.336 e.